The lowest BCUT2D eigenvalue weighted by Gasteiger charge is -2.33. The smallest absolute Gasteiger partial charge is 0.332 e. The van der Waals surface area contributed by atoms with Crippen molar-refractivity contribution >= 4 is 29.3 Å². The van der Waals surface area contributed by atoms with Crippen LogP contribution in [0.4, 0.5) is 0 Å². The molecule has 0 aliphatic heterocycles. The summed E-state index contributed by atoms with van der Waals surface area (Å²) in [5.41, 5.74) is 2.25. The molecular weight excluding hydrogens is 598 g/mol. The van der Waals surface area contributed by atoms with Gasteiger partial charge in [-0.05, 0) is 76.0 Å². The molecule has 1 aliphatic carbocycles. The van der Waals surface area contributed by atoms with Crippen molar-refractivity contribution in [3.05, 3.63) is 70.2 Å². The van der Waals surface area contributed by atoms with Gasteiger partial charge in [0, 0.05) is 30.0 Å². The zero-order valence-corrected chi connectivity index (χ0v) is 28.2. The van der Waals surface area contributed by atoms with Crippen LogP contribution in [0.15, 0.2) is 64.3 Å². The number of thioether (sulfide) groups is 1. The normalized spacial score (nSPS) is 15.4. The van der Waals surface area contributed by atoms with Gasteiger partial charge >= 0.3 is 5.97 Å². The van der Waals surface area contributed by atoms with E-state index in [1.54, 1.807) is 12.4 Å². The molecule has 1 aromatic heterocycles. The van der Waals surface area contributed by atoms with Gasteiger partial charge < -0.3 is 18.9 Å². The Hall–Kier alpha value is -3.06. The molecule has 0 N–H and O–H groups in total. The molecule has 1 aliphatic rings. The Morgan fingerprint density at radius 3 is 2.39 bits per heavy atom. The van der Waals surface area contributed by atoms with Crippen LogP contribution in [0, 0.1) is 17.2 Å². The highest BCUT2D eigenvalue weighted by Gasteiger charge is 2.33. The van der Waals surface area contributed by atoms with E-state index in [1.165, 1.54) is 11.8 Å². The Kier molecular flexibility index (Phi) is 13.6. The number of aromatic nitrogens is 2. The summed E-state index contributed by atoms with van der Waals surface area (Å²) < 4.78 is 22.8. The molecule has 0 saturated heterocycles. The van der Waals surface area contributed by atoms with Gasteiger partial charge in [-0.15, -0.1) is 0 Å². The van der Waals surface area contributed by atoms with Crippen LogP contribution < -0.4 is 4.74 Å². The molecule has 0 spiro atoms. The molecule has 0 radical (unpaired) electrons. The maximum Gasteiger partial charge on any atom is 0.332 e. The van der Waals surface area contributed by atoms with E-state index in [2.05, 4.69) is 29.9 Å². The molecule has 0 fully saturated rings. The second-order valence-electron chi connectivity index (χ2n) is 11.8. The third kappa shape index (κ3) is 10.5. The van der Waals surface area contributed by atoms with Crippen LogP contribution in [-0.2, 0) is 31.0 Å². The molecule has 0 amide bonds. The Morgan fingerprint density at radius 1 is 1.07 bits per heavy atom. The predicted molar refractivity (Wildman–Crippen MR) is 173 cm³/mol. The molecule has 0 bridgehead atoms. The number of nitriles is 1. The fourth-order valence-corrected chi connectivity index (χ4v) is 5.18. The number of rotatable bonds is 17. The fraction of sp³-hybridized carbons (Fsp3) is 0.529. The van der Waals surface area contributed by atoms with Gasteiger partial charge in [-0.3, -0.25) is 0 Å². The number of ether oxygens (including phenoxy) is 4. The molecule has 0 saturated carbocycles. The van der Waals surface area contributed by atoms with E-state index in [0.29, 0.717) is 37.0 Å². The standard InChI is InChI=1S/C34H44ClN3O5S/c1-7-33(2,3)43-30(39)23-40-15-9-8-10-16-41-31-25(19-36)17-27(18-29(31)35)34(4,5)26-11-13-28(14-12-26)42-22-24-20-37-32(44-6)38-21-24/h11-14,18,20-21,25H,7-10,15-17,22-23H2,1-6H3. The van der Waals surface area contributed by atoms with Crippen molar-refractivity contribution in [2.45, 2.75) is 89.5 Å². The summed E-state index contributed by atoms with van der Waals surface area (Å²) in [5, 5.41) is 11.2. The van der Waals surface area contributed by atoms with Crippen molar-refractivity contribution in [1.29, 1.82) is 5.26 Å². The van der Waals surface area contributed by atoms with Crippen molar-refractivity contribution in [3.63, 3.8) is 0 Å². The quantitative estimate of drug-likeness (QED) is 0.0737. The average molecular weight is 642 g/mol. The van der Waals surface area contributed by atoms with Gasteiger partial charge in [0.1, 0.15) is 36.2 Å². The predicted octanol–water partition coefficient (Wildman–Crippen LogP) is 7.91. The topological polar surface area (TPSA) is 104 Å². The van der Waals surface area contributed by atoms with Gasteiger partial charge in [0.05, 0.1) is 17.7 Å². The minimum atomic E-state index is -0.473. The van der Waals surface area contributed by atoms with E-state index >= 15 is 0 Å². The summed E-state index contributed by atoms with van der Waals surface area (Å²) in [7, 11) is 0. The van der Waals surface area contributed by atoms with Gasteiger partial charge in [-0.1, -0.05) is 61.8 Å². The van der Waals surface area contributed by atoms with E-state index < -0.39 is 11.5 Å². The van der Waals surface area contributed by atoms with E-state index in [0.717, 1.165) is 53.3 Å². The molecule has 2 aromatic rings. The number of halogens is 1. The number of hydrogen-bond acceptors (Lipinski definition) is 9. The molecule has 1 atom stereocenters. The summed E-state index contributed by atoms with van der Waals surface area (Å²) in [4.78, 5) is 20.4. The minimum absolute atomic E-state index is 0.0431. The summed E-state index contributed by atoms with van der Waals surface area (Å²) in [6, 6.07) is 10.4. The molecule has 3 rings (SSSR count). The lowest BCUT2D eigenvalue weighted by molar-refractivity contribution is -0.162. The summed E-state index contributed by atoms with van der Waals surface area (Å²) in [6.07, 6.45) is 11.2. The molecule has 1 unspecified atom stereocenters. The molecule has 10 heteroatoms. The zero-order chi connectivity index (χ0) is 32.2. The number of benzene rings is 1. The lowest BCUT2D eigenvalue weighted by Crippen LogP contribution is -2.29. The van der Waals surface area contributed by atoms with Crippen LogP contribution in [0.5, 0.6) is 5.75 Å². The van der Waals surface area contributed by atoms with Gasteiger partial charge in [0.2, 0.25) is 0 Å². The number of unbranched alkanes of at least 4 members (excludes halogenated alkanes) is 2. The third-order valence-electron chi connectivity index (χ3n) is 7.73. The molecule has 1 heterocycles. The van der Waals surface area contributed by atoms with Crippen molar-refractivity contribution in [3.8, 4) is 11.8 Å². The Balaban J connectivity index is 1.48. The SMILES string of the molecule is CCC(C)(C)OC(=O)COCCCCCOC1=C(Cl)C=C(C(C)(C)c2ccc(OCc3cnc(SC)nc3)cc2)CC1C#N. The highest BCUT2D eigenvalue weighted by molar-refractivity contribution is 7.98. The van der Waals surface area contributed by atoms with E-state index in [1.807, 2.05) is 57.4 Å². The van der Waals surface area contributed by atoms with Crippen LogP contribution >= 0.6 is 23.4 Å². The van der Waals surface area contributed by atoms with Crippen molar-refractivity contribution in [2.24, 2.45) is 5.92 Å². The first-order valence-electron chi connectivity index (χ1n) is 15.0. The number of allylic oxidation sites excluding steroid dienone is 4. The first kappa shape index (κ1) is 35.4. The number of esters is 1. The Bertz CT molecular complexity index is 1330. The van der Waals surface area contributed by atoms with Gasteiger partial charge in [-0.25, -0.2) is 14.8 Å². The maximum atomic E-state index is 11.9. The monoisotopic (exact) mass is 641 g/mol. The van der Waals surface area contributed by atoms with Gasteiger partial charge in [0.15, 0.2) is 5.16 Å². The zero-order valence-electron chi connectivity index (χ0n) is 26.7. The van der Waals surface area contributed by atoms with Crippen molar-refractivity contribution in [2.75, 3.05) is 26.1 Å². The molecule has 238 valence electrons. The van der Waals surface area contributed by atoms with Crippen molar-refractivity contribution in [1.82, 2.24) is 9.97 Å². The Labute approximate surface area is 271 Å². The molecule has 44 heavy (non-hydrogen) atoms. The van der Waals surface area contributed by atoms with Gasteiger partial charge in [-0.2, -0.15) is 5.26 Å². The average Bonchev–Trinajstić information content (AvgIpc) is 3.01. The highest BCUT2D eigenvalue weighted by Crippen LogP contribution is 2.42. The van der Waals surface area contributed by atoms with Crippen LogP contribution in [0.2, 0.25) is 0 Å². The van der Waals surface area contributed by atoms with Crippen LogP contribution in [0.3, 0.4) is 0 Å². The maximum absolute atomic E-state index is 11.9. The minimum Gasteiger partial charge on any atom is -0.495 e. The number of carbonyl (C=O) groups is 1. The van der Waals surface area contributed by atoms with Gasteiger partial charge in [0.25, 0.3) is 0 Å². The second kappa shape index (κ2) is 16.9. The number of nitrogens with zero attached hydrogens (tertiary/aromatic N) is 3. The summed E-state index contributed by atoms with van der Waals surface area (Å²) in [5.74, 6) is 0.489. The molecular formula is C34H44ClN3O5S. The largest absolute Gasteiger partial charge is 0.495 e. The number of hydrogen-bond donors (Lipinski definition) is 0. The molecule has 1 aromatic carbocycles. The van der Waals surface area contributed by atoms with Crippen LogP contribution in [-0.4, -0.2) is 47.6 Å². The Morgan fingerprint density at radius 2 is 1.75 bits per heavy atom. The van der Waals surface area contributed by atoms with E-state index in [-0.39, 0.29) is 18.0 Å². The second-order valence-corrected chi connectivity index (χ2v) is 13.0. The number of carbonyl (C=O) groups excluding carboxylic acids is 1. The van der Waals surface area contributed by atoms with Crippen LogP contribution in [0.1, 0.15) is 77.8 Å². The molecule has 8 nitrogen and oxygen atoms in total. The first-order chi connectivity index (χ1) is 21.0. The van der Waals surface area contributed by atoms with Crippen LogP contribution in [0.25, 0.3) is 0 Å². The summed E-state index contributed by atoms with van der Waals surface area (Å²) >= 11 is 8.19. The third-order valence-corrected chi connectivity index (χ3v) is 8.60. The first-order valence-corrected chi connectivity index (χ1v) is 16.6. The van der Waals surface area contributed by atoms with E-state index in [9.17, 15) is 10.1 Å². The fourth-order valence-electron chi connectivity index (χ4n) is 4.54. The lowest BCUT2D eigenvalue weighted by atomic mass is 9.72. The van der Waals surface area contributed by atoms with Crippen molar-refractivity contribution < 1.29 is 23.7 Å². The van der Waals surface area contributed by atoms with E-state index in [4.69, 9.17) is 30.5 Å². The highest BCUT2D eigenvalue weighted by atomic mass is 35.5. The summed E-state index contributed by atoms with van der Waals surface area (Å²) in [6.45, 7) is 11.3.